The lowest BCUT2D eigenvalue weighted by molar-refractivity contribution is -0.159. The fourth-order valence-corrected chi connectivity index (χ4v) is 3.06. The molecule has 0 bridgehead atoms. The molecule has 0 unspecified atom stereocenters. The van der Waals surface area contributed by atoms with Gasteiger partial charge >= 0.3 is 23.9 Å². The van der Waals surface area contributed by atoms with Gasteiger partial charge in [-0.2, -0.15) is 0 Å². The van der Waals surface area contributed by atoms with Crippen LogP contribution < -0.4 is 15.4 Å². The van der Waals surface area contributed by atoms with Gasteiger partial charge in [0, 0.05) is 19.4 Å². The van der Waals surface area contributed by atoms with E-state index in [-0.39, 0.29) is 30.7 Å². The molecule has 0 aliphatic carbocycles. The van der Waals surface area contributed by atoms with E-state index in [1.54, 1.807) is 0 Å². The second-order valence-corrected chi connectivity index (χ2v) is 7.76. The third-order valence-electron chi connectivity index (χ3n) is 4.95. The Kier molecular flexibility index (Phi) is 10.1. The summed E-state index contributed by atoms with van der Waals surface area (Å²) in [6.07, 6.45) is -2.93. The topological polar surface area (TPSA) is 217 Å². The standard InChI is InChI=1S/C24H24N2O11/c27-18(9-10-19(28)29)26-17(21(30)25-12-14-1-5-15(6-2-14)22(31)32)11-13-3-7-16(8-4-13)37-20(23(33)34)24(35)36/h1-8,17,20H,9-12H2,(H,25,30)(H,26,27)(H,28,29)(H,31,32)(H,33,34)(H,35,36)/t17-/m0/s1. The first kappa shape index (κ1) is 28.3. The summed E-state index contributed by atoms with van der Waals surface area (Å²) in [6.45, 7) is 0.0266. The van der Waals surface area contributed by atoms with E-state index < -0.39 is 54.3 Å². The molecular formula is C24H24N2O11. The molecule has 0 heterocycles. The highest BCUT2D eigenvalue weighted by Crippen LogP contribution is 2.16. The zero-order valence-electron chi connectivity index (χ0n) is 19.2. The number of carboxylic acids is 4. The zero-order valence-corrected chi connectivity index (χ0v) is 19.2. The maximum Gasteiger partial charge on any atom is 0.356 e. The molecule has 2 amide bonds. The lowest BCUT2D eigenvalue weighted by Gasteiger charge is -2.19. The number of carbonyl (C=O) groups is 6. The van der Waals surface area contributed by atoms with E-state index in [2.05, 4.69) is 10.6 Å². The van der Waals surface area contributed by atoms with Gasteiger partial charge in [-0.15, -0.1) is 0 Å². The number of amides is 2. The molecule has 0 aliphatic heterocycles. The first-order chi connectivity index (χ1) is 17.5. The van der Waals surface area contributed by atoms with Crippen molar-refractivity contribution in [1.29, 1.82) is 0 Å². The summed E-state index contributed by atoms with van der Waals surface area (Å²) in [7, 11) is 0. The van der Waals surface area contributed by atoms with Gasteiger partial charge in [0.05, 0.1) is 12.0 Å². The van der Waals surface area contributed by atoms with E-state index >= 15 is 0 Å². The number of carboxylic acid groups (broad SMARTS) is 4. The molecule has 196 valence electrons. The van der Waals surface area contributed by atoms with Crippen LogP contribution >= 0.6 is 0 Å². The number of nitrogens with one attached hydrogen (secondary N) is 2. The largest absolute Gasteiger partial charge is 0.481 e. The zero-order chi connectivity index (χ0) is 27.5. The van der Waals surface area contributed by atoms with Crippen LogP contribution in [0.1, 0.15) is 34.3 Å². The Hall–Kier alpha value is -4.94. The quantitative estimate of drug-likeness (QED) is 0.190. The number of aliphatic carboxylic acids is 3. The molecule has 0 fully saturated rings. The van der Waals surface area contributed by atoms with Gasteiger partial charge in [0.15, 0.2) is 0 Å². The molecule has 0 radical (unpaired) electrons. The molecule has 2 aromatic rings. The van der Waals surface area contributed by atoms with Crippen molar-refractivity contribution in [3.63, 3.8) is 0 Å². The summed E-state index contributed by atoms with van der Waals surface area (Å²) in [5, 5.41) is 40.7. The minimum absolute atomic E-state index is 0.0266. The van der Waals surface area contributed by atoms with E-state index in [0.29, 0.717) is 11.1 Å². The van der Waals surface area contributed by atoms with Gasteiger partial charge < -0.3 is 35.8 Å². The fraction of sp³-hybridized carbons (Fsp3) is 0.250. The Morgan fingerprint density at radius 1 is 0.757 bits per heavy atom. The average molecular weight is 516 g/mol. The normalized spacial score (nSPS) is 11.3. The van der Waals surface area contributed by atoms with Crippen LogP contribution in [0, 0.1) is 0 Å². The van der Waals surface area contributed by atoms with Crippen molar-refractivity contribution in [3.05, 3.63) is 65.2 Å². The predicted octanol–water partition coefficient (Wildman–Crippen LogP) is 0.510. The first-order valence-corrected chi connectivity index (χ1v) is 10.8. The van der Waals surface area contributed by atoms with Gasteiger partial charge in [0.25, 0.3) is 6.10 Å². The number of ether oxygens (including phenoxy) is 1. The van der Waals surface area contributed by atoms with Crippen LogP contribution in [0.3, 0.4) is 0 Å². The van der Waals surface area contributed by atoms with Crippen molar-refractivity contribution in [2.75, 3.05) is 0 Å². The SMILES string of the molecule is O=C(O)CCC(=O)N[C@@H](Cc1ccc(OC(C(=O)O)C(=O)O)cc1)C(=O)NCc1ccc(C(=O)O)cc1. The van der Waals surface area contributed by atoms with Crippen molar-refractivity contribution < 1.29 is 53.9 Å². The van der Waals surface area contributed by atoms with Gasteiger partial charge in [0.2, 0.25) is 11.8 Å². The molecule has 0 spiro atoms. The summed E-state index contributed by atoms with van der Waals surface area (Å²) in [6, 6.07) is 10.2. The molecule has 13 nitrogen and oxygen atoms in total. The Bertz CT molecular complexity index is 1150. The van der Waals surface area contributed by atoms with Gasteiger partial charge in [-0.1, -0.05) is 24.3 Å². The summed E-state index contributed by atoms with van der Waals surface area (Å²) < 4.78 is 4.93. The summed E-state index contributed by atoms with van der Waals surface area (Å²) in [5.74, 6) is -6.96. The smallest absolute Gasteiger partial charge is 0.356 e. The predicted molar refractivity (Wildman–Crippen MR) is 124 cm³/mol. The highest BCUT2D eigenvalue weighted by Gasteiger charge is 2.28. The Morgan fingerprint density at radius 3 is 1.84 bits per heavy atom. The van der Waals surface area contributed by atoms with E-state index in [0.717, 1.165) is 0 Å². The van der Waals surface area contributed by atoms with Crippen LogP contribution in [-0.2, 0) is 36.9 Å². The van der Waals surface area contributed by atoms with Crippen molar-refractivity contribution in [1.82, 2.24) is 10.6 Å². The maximum absolute atomic E-state index is 12.8. The lowest BCUT2D eigenvalue weighted by atomic mass is 10.0. The lowest BCUT2D eigenvalue weighted by Crippen LogP contribution is -2.47. The van der Waals surface area contributed by atoms with Crippen LogP contribution in [0.25, 0.3) is 0 Å². The number of rotatable bonds is 14. The van der Waals surface area contributed by atoms with Gasteiger partial charge in [-0.3, -0.25) is 14.4 Å². The van der Waals surface area contributed by atoms with Crippen molar-refractivity contribution in [3.8, 4) is 5.75 Å². The number of aromatic carboxylic acids is 1. The summed E-state index contributed by atoms with van der Waals surface area (Å²) >= 11 is 0. The summed E-state index contributed by atoms with van der Waals surface area (Å²) in [5.41, 5.74) is 1.17. The monoisotopic (exact) mass is 516 g/mol. The highest BCUT2D eigenvalue weighted by molar-refractivity contribution is 5.96. The molecule has 0 saturated heterocycles. The van der Waals surface area contributed by atoms with E-state index in [4.69, 9.17) is 25.2 Å². The van der Waals surface area contributed by atoms with Crippen LogP contribution in [-0.4, -0.2) is 68.3 Å². The third-order valence-corrected chi connectivity index (χ3v) is 4.95. The van der Waals surface area contributed by atoms with Crippen LogP contribution in [0.2, 0.25) is 0 Å². The number of hydrogen-bond donors (Lipinski definition) is 6. The molecule has 0 saturated carbocycles. The summed E-state index contributed by atoms with van der Waals surface area (Å²) in [4.78, 5) is 68.7. The van der Waals surface area contributed by atoms with Crippen molar-refractivity contribution >= 4 is 35.7 Å². The van der Waals surface area contributed by atoms with Gasteiger partial charge in [-0.25, -0.2) is 14.4 Å². The van der Waals surface area contributed by atoms with E-state index in [9.17, 15) is 28.8 Å². The molecule has 1 atom stereocenters. The highest BCUT2D eigenvalue weighted by atomic mass is 16.5. The van der Waals surface area contributed by atoms with Crippen LogP contribution in [0.15, 0.2) is 48.5 Å². The second kappa shape index (κ2) is 13.2. The van der Waals surface area contributed by atoms with Gasteiger partial charge in [-0.05, 0) is 35.4 Å². The second-order valence-electron chi connectivity index (χ2n) is 7.76. The molecule has 6 N–H and O–H groups in total. The average Bonchev–Trinajstić information content (AvgIpc) is 2.84. The molecule has 0 aliphatic rings. The molecular weight excluding hydrogens is 492 g/mol. The van der Waals surface area contributed by atoms with E-state index in [1.165, 1.54) is 48.5 Å². The Morgan fingerprint density at radius 2 is 1.32 bits per heavy atom. The van der Waals surface area contributed by atoms with Gasteiger partial charge in [0.1, 0.15) is 11.8 Å². The Labute approximate surface area is 209 Å². The third kappa shape index (κ3) is 9.32. The van der Waals surface area contributed by atoms with Crippen LogP contribution in [0.4, 0.5) is 0 Å². The molecule has 2 aromatic carbocycles. The van der Waals surface area contributed by atoms with Crippen LogP contribution in [0.5, 0.6) is 5.75 Å². The maximum atomic E-state index is 12.8. The minimum Gasteiger partial charge on any atom is -0.481 e. The van der Waals surface area contributed by atoms with Crippen molar-refractivity contribution in [2.45, 2.75) is 38.0 Å². The number of hydrogen-bond acceptors (Lipinski definition) is 7. The molecule has 37 heavy (non-hydrogen) atoms. The van der Waals surface area contributed by atoms with E-state index in [1.807, 2.05) is 0 Å². The number of benzene rings is 2. The first-order valence-electron chi connectivity index (χ1n) is 10.8. The fourth-order valence-electron chi connectivity index (χ4n) is 3.06. The number of carbonyl (C=O) groups excluding carboxylic acids is 2. The molecule has 13 heteroatoms. The Balaban J connectivity index is 2.11. The minimum atomic E-state index is -2.11. The van der Waals surface area contributed by atoms with Crippen molar-refractivity contribution in [2.24, 2.45) is 0 Å². The molecule has 2 rings (SSSR count). The molecule has 0 aromatic heterocycles.